The molecule has 2 atom stereocenters. The summed E-state index contributed by atoms with van der Waals surface area (Å²) in [5.74, 6) is -1.42. The second-order valence-electron chi connectivity index (χ2n) is 4.87. The molecule has 0 saturated carbocycles. The average Bonchev–Trinajstić information content (AvgIpc) is 2.83. The van der Waals surface area contributed by atoms with E-state index in [1.165, 1.54) is 4.90 Å². The molecule has 19 heavy (non-hydrogen) atoms. The zero-order chi connectivity index (χ0) is 14.2. The lowest BCUT2D eigenvalue weighted by atomic mass is 10.2. The summed E-state index contributed by atoms with van der Waals surface area (Å²) in [6, 6.07) is 0.903. The van der Waals surface area contributed by atoms with Gasteiger partial charge in [0.15, 0.2) is 0 Å². The van der Waals surface area contributed by atoms with Crippen LogP contribution in [0.2, 0.25) is 0 Å². The summed E-state index contributed by atoms with van der Waals surface area (Å²) in [6.07, 6.45) is -0.691. The van der Waals surface area contributed by atoms with E-state index >= 15 is 0 Å². The van der Waals surface area contributed by atoms with Crippen LogP contribution in [-0.2, 0) is 16.1 Å². The van der Waals surface area contributed by atoms with Gasteiger partial charge in [0.1, 0.15) is 12.6 Å². The van der Waals surface area contributed by atoms with Crippen LogP contribution in [0.15, 0.2) is 6.07 Å². The number of aliphatic carboxylic acids is 1. The molecule has 1 aromatic heterocycles. The van der Waals surface area contributed by atoms with Gasteiger partial charge in [0, 0.05) is 18.7 Å². The molecule has 0 radical (unpaired) electrons. The number of hydrogen-bond donors (Lipinski definition) is 2. The van der Waals surface area contributed by atoms with Gasteiger partial charge in [-0.05, 0) is 19.9 Å². The predicted octanol–water partition coefficient (Wildman–Crippen LogP) is -0.454. The van der Waals surface area contributed by atoms with Crippen molar-refractivity contribution in [3.05, 3.63) is 17.5 Å². The zero-order valence-electron chi connectivity index (χ0n) is 10.9. The number of nitrogens with zero attached hydrogens (tertiary/aromatic N) is 3. The third-order valence-electron chi connectivity index (χ3n) is 3.27. The topological polar surface area (TPSA) is 95.7 Å². The highest BCUT2D eigenvalue weighted by Gasteiger charge is 2.38. The molecule has 2 heterocycles. The number of β-amino-alcohol motifs (C(OH)–C–C–N with tert-alkyl or cyclic N) is 1. The highest BCUT2D eigenvalue weighted by atomic mass is 16.4. The normalized spacial score (nSPS) is 22.8. The fourth-order valence-corrected chi connectivity index (χ4v) is 2.38. The number of aryl methyl sites for hydroxylation is 2. The second kappa shape index (κ2) is 5.00. The maximum atomic E-state index is 12.1. The molecule has 0 spiro atoms. The molecule has 7 heteroatoms. The summed E-state index contributed by atoms with van der Waals surface area (Å²) in [7, 11) is 0. The van der Waals surface area contributed by atoms with E-state index in [9.17, 15) is 14.7 Å². The Bertz CT molecular complexity index is 511. The number of likely N-dealkylation sites (tertiary alicyclic amines) is 1. The van der Waals surface area contributed by atoms with E-state index in [1.807, 2.05) is 19.9 Å². The number of carboxylic acid groups (broad SMARTS) is 1. The summed E-state index contributed by atoms with van der Waals surface area (Å²) < 4.78 is 1.54. The van der Waals surface area contributed by atoms with Gasteiger partial charge in [-0.15, -0.1) is 0 Å². The molecule has 0 aliphatic carbocycles. The molecule has 104 valence electrons. The number of aliphatic hydroxyl groups excluding tert-OH is 1. The molecule has 0 unspecified atom stereocenters. The van der Waals surface area contributed by atoms with Crippen molar-refractivity contribution in [2.24, 2.45) is 0 Å². The van der Waals surface area contributed by atoms with E-state index < -0.39 is 18.1 Å². The molecular formula is C12H17N3O4. The number of aliphatic hydroxyl groups is 1. The second-order valence-corrected chi connectivity index (χ2v) is 4.87. The summed E-state index contributed by atoms with van der Waals surface area (Å²) in [6.45, 7) is 3.72. The maximum absolute atomic E-state index is 12.1. The third kappa shape index (κ3) is 2.76. The van der Waals surface area contributed by atoms with Crippen LogP contribution in [-0.4, -0.2) is 55.5 Å². The minimum atomic E-state index is -1.08. The van der Waals surface area contributed by atoms with Crippen molar-refractivity contribution in [3.63, 3.8) is 0 Å². The van der Waals surface area contributed by atoms with Crippen LogP contribution in [0, 0.1) is 13.8 Å². The van der Waals surface area contributed by atoms with Gasteiger partial charge in [0.25, 0.3) is 0 Å². The molecule has 0 bridgehead atoms. The molecule has 2 rings (SSSR count). The van der Waals surface area contributed by atoms with Crippen LogP contribution in [0.1, 0.15) is 17.8 Å². The molecule has 2 N–H and O–H groups in total. The van der Waals surface area contributed by atoms with Crippen LogP contribution < -0.4 is 0 Å². The van der Waals surface area contributed by atoms with Gasteiger partial charge >= 0.3 is 5.97 Å². The lowest BCUT2D eigenvalue weighted by Crippen LogP contribution is -2.42. The Kier molecular flexibility index (Phi) is 3.57. The van der Waals surface area contributed by atoms with Crippen LogP contribution in [0.3, 0.4) is 0 Å². The van der Waals surface area contributed by atoms with E-state index in [0.29, 0.717) is 0 Å². The van der Waals surface area contributed by atoms with E-state index in [0.717, 1.165) is 11.4 Å². The maximum Gasteiger partial charge on any atom is 0.326 e. The van der Waals surface area contributed by atoms with Gasteiger partial charge in [-0.2, -0.15) is 5.10 Å². The fourth-order valence-electron chi connectivity index (χ4n) is 2.38. The van der Waals surface area contributed by atoms with Crippen LogP contribution in [0.25, 0.3) is 0 Å². The van der Waals surface area contributed by atoms with Crippen molar-refractivity contribution in [2.75, 3.05) is 6.54 Å². The van der Waals surface area contributed by atoms with Gasteiger partial charge < -0.3 is 15.1 Å². The first-order chi connectivity index (χ1) is 8.88. The highest BCUT2D eigenvalue weighted by Crippen LogP contribution is 2.19. The highest BCUT2D eigenvalue weighted by molar-refractivity contribution is 5.84. The molecule has 1 aliphatic rings. The molecular weight excluding hydrogens is 250 g/mol. The number of amides is 1. The van der Waals surface area contributed by atoms with Crippen molar-refractivity contribution in [1.29, 1.82) is 0 Å². The van der Waals surface area contributed by atoms with E-state index in [4.69, 9.17) is 5.11 Å². The largest absolute Gasteiger partial charge is 0.480 e. The Morgan fingerprint density at radius 2 is 2.16 bits per heavy atom. The Labute approximate surface area is 110 Å². The quantitative estimate of drug-likeness (QED) is 0.773. The van der Waals surface area contributed by atoms with Gasteiger partial charge in [-0.25, -0.2) is 4.79 Å². The zero-order valence-corrected chi connectivity index (χ0v) is 10.9. The Hall–Kier alpha value is -1.89. The van der Waals surface area contributed by atoms with Gasteiger partial charge in [0.2, 0.25) is 5.91 Å². The number of carbonyl (C=O) groups is 2. The first-order valence-electron chi connectivity index (χ1n) is 6.10. The number of carbonyl (C=O) groups excluding carboxylic acids is 1. The minimum Gasteiger partial charge on any atom is -0.480 e. The van der Waals surface area contributed by atoms with Crippen molar-refractivity contribution in [3.8, 4) is 0 Å². The predicted molar refractivity (Wildman–Crippen MR) is 65.5 cm³/mol. The minimum absolute atomic E-state index is 0.00380. The first kappa shape index (κ1) is 13.5. The van der Waals surface area contributed by atoms with E-state index in [1.54, 1.807) is 4.68 Å². The SMILES string of the molecule is Cc1cc(C)n(CC(=O)N2C[C@@H](O)C[C@H]2C(=O)O)n1. The van der Waals surface area contributed by atoms with Crippen LogP contribution in [0.4, 0.5) is 0 Å². The van der Waals surface area contributed by atoms with E-state index in [2.05, 4.69) is 5.10 Å². The number of carboxylic acids is 1. The van der Waals surface area contributed by atoms with Crippen LogP contribution in [0.5, 0.6) is 0 Å². The smallest absolute Gasteiger partial charge is 0.326 e. The fraction of sp³-hybridized carbons (Fsp3) is 0.583. The summed E-state index contributed by atoms with van der Waals surface area (Å²) in [5.41, 5.74) is 1.65. The standard InChI is InChI=1S/C12H17N3O4/c1-7-3-8(2)15(13-7)6-11(17)14-5-9(16)4-10(14)12(18)19/h3,9-10,16H,4-6H2,1-2H3,(H,18,19)/t9-,10-/m0/s1. The van der Waals surface area contributed by atoms with Crippen molar-refractivity contribution < 1.29 is 19.8 Å². The number of aromatic nitrogens is 2. The molecule has 1 saturated heterocycles. The van der Waals surface area contributed by atoms with Crippen molar-refractivity contribution in [2.45, 2.75) is 39.0 Å². The molecule has 1 aromatic rings. The summed E-state index contributed by atoms with van der Waals surface area (Å²) in [4.78, 5) is 24.4. The lowest BCUT2D eigenvalue weighted by Gasteiger charge is -2.21. The van der Waals surface area contributed by atoms with Crippen molar-refractivity contribution in [1.82, 2.24) is 14.7 Å². The van der Waals surface area contributed by atoms with Gasteiger partial charge in [-0.3, -0.25) is 9.48 Å². The number of hydrogen-bond acceptors (Lipinski definition) is 4. The average molecular weight is 267 g/mol. The van der Waals surface area contributed by atoms with Gasteiger partial charge in [-0.1, -0.05) is 0 Å². The summed E-state index contributed by atoms with van der Waals surface area (Å²) in [5, 5.41) is 22.7. The molecule has 1 fully saturated rings. The molecule has 1 amide bonds. The first-order valence-corrected chi connectivity index (χ1v) is 6.10. The summed E-state index contributed by atoms with van der Waals surface area (Å²) >= 11 is 0. The van der Waals surface area contributed by atoms with Crippen molar-refractivity contribution >= 4 is 11.9 Å². The lowest BCUT2D eigenvalue weighted by molar-refractivity contribution is -0.148. The molecule has 0 aromatic carbocycles. The van der Waals surface area contributed by atoms with Gasteiger partial charge in [0.05, 0.1) is 11.8 Å². The molecule has 1 aliphatic heterocycles. The number of rotatable bonds is 3. The monoisotopic (exact) mass is 267 g/mol. The third-order valence-corrected chi connectivity index (χ3v) is 3.27. The Morgan fingerprint density at radius 3 is 2.68 bits per heavy atom. The van der Waals surface area contributed by atoms with Crippen LogP contribution >= 0.6 is 0 Å². The molecule has 7 nitrogen and oxygen atoms in total. The Balaban J connectivity index is 2.11. The van der Waals surface area contributed by atoms with E-state index in [-0.39, 0.29) is 25.4 Å². The Morgan fingerprint density at radius 1 is 1.47 bits per heavy atom.